The van der Waals surface area contributed by atoms with Crippen LogP contribution in [0.5, 0.6) is 0 Å². The molecule has 0 aromatic rings. The van der Waals surface area contributed by atoms with E-state index in [9.17, 15) is 0 Å². The normalized spacial score (nSPS) is 5.00. The molecule has 0 aromatic heterocycles. The Morgan fingerprint density at radius 3 is 2.50 bits per heavy atom. The summed E-state index contributed by atoms with van der Waals surface area (Å²) in [5.74, 6) is 10.1. The summed E-state index contributed by atoms with van der Waals surface area (Å²) in [5, 5.41) is 2.80. The first kappa shape index (κ1) is 8.96. The van der Waals surface area contributed by atoms with E-state index in [-0.39, 0.29) is 0 Å². The van der Waals surface area contributed by atoms with Crippen LogP contribution in [0.2, 0.25) is 0 Å². The molecule has 1 nitrogen and oxygen atoms in total. The molecule has 0 radical (unpaired) electrons. The lowest BCUT2D eigenvalue weighted by Crippen LogP contribution is -2.01. The molecule has 0 spiro atoms. The van der Waals surface area contributed by atoms with Gasteiger partial charge < -0.3 is 5.32 Å². The van der Waals surface area contributed by atoms with Gasteiger partial charge in [0.2, 0.25) is 0 Å². The van der Waals surface area contributed by atoms with E-state index in [1.807, 2.05) is 6.92 Å². The average molecular weight is 196 g/mol. The molecule has 0 aliphatic rings. The molecule has 0 rings (SSSR count). The van der Waals surface area contributed by atoms with Crippen molar-refractivity contribution in [1.82, 2.24) is 5.32 Å². The maximum Gasteiger partial charge on any atom is 0.0201 e. The van der Waals surface area contributed by atoms with E-state index in [2.05, 4.69) is 55.8 Å². The summed E-state index contributed by atoms with van der Waals surface area (Å²) in [6, 6.07) is 2.64. The van der Waals surface area contributed by atoms with Gasteiger partial charge in [-0.1, -0.05) is 0 Å². The van der Waals surface area contributed by atoms with Crippen LogP contribution in [-0.2, 0) is 0 Å². The van der Waals surface area contributed by atoms with E-state index < -0.39 is 0 Å². The zero-order valence-corrected chi connectivity index (χ0v) is 7.17. The van der Waals surface area contributed by atoms with Crippen molar-refractivity contribution in [3.05, 3.63) is 0 Å². The minimum atomic E-state index is 0.832. The van der Waals surface area contributed by atoms with Crippen molar-refractivity contribution in [1.29, 1.82) is 0 Å². The molecule has 0 aromatic carbocycles. The highest BCUT2D eigenvalue weighted by Crippen LogP contribution is 1.65. The first-order chi connectivity index (χ1) is 4.91. The molecule has 0 amide bonds. The van der Waals surface area contributed by atoms with Crippen molar-refractivity contribution in [2.24, 2.45) is 0 Å². The Balaban J connectivity index is 3.63. The van der Waals surface area contributed by atoms with Gasteiger partial charge in [-0.3, -0.25) is 0 Å². The molecule has 1 N–H and O–H groups in total. The van der Waals surface area contributed by atoms with Gasteiger partial charge >= 0.3 is 0 Å². The van der Waals surface area contributed by atoms with E-state index in [0.29, 0.717) is 0 Å². The number of rotatable bonds is 1. The Morgan fingerprint density at radius 2 is 1.90 bits per heavy atom. The van der Waals surface area contributed by atoms with Crippen LogP contribution in [0.3, 0.4) is 0 Å². The highest BCUT2D eigenvalue weighted by molar-refractivity contribution is 9.12. The molecule has 0 saturated heterocycles. The van der Waals surface area contributed by atoms with E-state index in [1.165, 1.54) is 0 Å². The lowest BCUT2D eigenvalue weighted by atomic mass is 10.6. The van der Waals surface area contributed by atoms with Gasteiger partial charge in [0, 0.05) is 40.4 Å². The standard InChI is InChI=1S/C8H6BrN/c1-2-10-8-6-4-3-5-7-9/h10H,2H2,1H3. The van der Waals surface area contributed by atoms with Gasteiger partial charge in [-0.05, 0) is 23.6 Å². The molecule has 0 heterocycles. The maximum atomic E-state index is 2.90. The fourth-order valence-corrected chi connectivity index (χ4v) is 0.349. The van der Waals surface area contributed by atoms with Crippen LogP contribution in [0, 0.1) is 34.6 Å². The van der Waals surface area contributed by atoms with Crippen molar-refractivity contribution in [2.45, 2.75) is 6.92 Å². The van der Waals surface area contributed by atoms with Gasteiger partial charge in [-0.15, -0.1) is 0 Å². The fourth-order valence-electron chi connectivity index (χ4n) is 0.250. The van der Waals surface area contributed by atoms with Gasteiger partial charge in [0.15, 0.2) is 0 Å². The lowest BCUT2D eigenvalue weighted by Gasteiger charge is -1.80. The van der Waals surface area contributed by atoms with Crippen molar-refractivity contribution in [3.8, 4) is 34.6 Å². The van der Waals surface area contributed by atoms with Crippen LogP contribution in [0.25, 0.3) is 0 Å². The Hall–Kier alpha value is -1.04. The number of nitrogens with one attached hydrogen (secondary N) is 1. The van der Waals surface area contributed by atoms with Crippen LogP contribution in [0.1, 0.15) is 6.92 Å². The van der Waals surface area contributed by atoms with E-state index in [0.717, 1.165) is 6.54 Å². The molecule has 0 fully saturated rings. The van der Waals surface area contributed by atoms with Gasteiger partial charge in [-0.25, -0.2) is 0 Å². The lowest BCUT2D eigenvalue weighted by molar-refractivity contribution is 0.953. The Labute approximate surface area is 69.7 Å². The first-order valence-corrected chi connectivity index (χ1v) is 3.54. The number of hydrogen-bond acceptors (Lipinski definition) is 1. The van der Waals surface area contributed by atoms with Crippen molar-refractivity contribution in [3.63, 3.8) is 0 Å². The van der Waals surface area contributed by atoms with E-state index >= 15 is 0 Å². The Kier molecular flexibility index (Phi) is 7.13. The maximum absolute atomic E-state index is 2.90. The van der Waals surface area contributed by atoms with Gasteiger partial charge in [0.25, 0.3) is 0 Å². The van der Waals surface area contributed by atoms with Crippen LogP contribution in [-0.4, -0.2) is 6.54 Å². The van der Waals surface area contributed by atoms with E-state index in [1.54, 1.807) is 0 Å². The predicted octanol–water partition coefficient (Wildman–Crippen LogP) is 0.916. The highest BCUT2D eigenvalue weighted by atomic mass is 79.9. The Bertz CT molecular complexity index is 248. The molecule has 10 heavy (non-hydrogen) atoms. The second-order valence-electron chi connectivity index (χ2n) is 1.25. The minimum Gasteiger partial charge on any atom is -0.345 e. The smallest absolute Gasteiger partial charge is 0.0201 e. The number of halogens is 1. The highest BCUT2D eigenvalue weighted by Gasteiger charge is 1.60. The summed E-state index contributed by atoms with van der Waals surface area (Å²) in [5.41, 5.74) is 0. The zero-order chi connectivity index (χ0) is 7.66. The second kappa shape index (κ2) is 7.96. The van der Waals surface area contributed by atoms with Crippen LogP contribution < -0.4 is 5.32 Å². The molecule has 50 valence electrons. The third-order valence-corrected chi connectivity index (χ3v) is 0.761. The molecule has 0 atom stereocenters. The fraction of sp³-hybridized carbons (Fsp3) is 0.250. The van der Waals surface area contributed by atoms with Crippen LogP contribution in [0.4, 0.5) is 0 Å². The second-order valence-corrected chi connectivity index (χ2v) is 1.65. The molecule has 2 heteroatoms. The van der Waals surface area contributed by atoms with Crippen molar-refractivity contribution in [2.75, 3.05) is 6.54 Å². The topological polar surface area (TPSA) is 12.0 Å². The third kappa shape index (κ3) is 6.96. The predicted molar refractivity (Wildman–Crippen MR) is 45.9 cm³/mol. The SMILES string of the molecule is CCNC#CC#CC#CBr. The number of hydrogen-bond donors (Lipinski definition) is 1. The molecular formula is C8H6BrN. The van der Waals surface area contributed by atoms with Gasteiger partial charge in [0.1, 0.15) is 0 Å². The summed E-state index contributed by atoms with van der Waals surface area (Å²) in [7, 11) is 0. The average Bonchev–Trinajstić information content (AvgIpc) is 1.97. The largest absolute Gasteiger partial charge is 0.345 e. The molecule has 0 unspecified atom stereocenters. The van der Waals surface area contributed by atoms with Gasteiger partial charge in [-0.2, -0.15) is 0 Å². The van der Waals surface area contributed by atoms with Crippen molar-refractivity contribution >= 4 is 15.9 Å². The summed E-state index contributed by atoms with van der Waals surface area (Å²) in [6.07, 6.45) is 0. The van der Waals surface area contributed by atoms with Crippen LogP contribution in [0.15, 0.2) is 0 Å². The summed E-state index contributed by atoms with van der Waals surface area (Å²) >= 11 is 2.90. The molecule has 0 aliphatic carbocycles. The Morgan fingerprint density at radius 1 is 1.20 bits per heavy atom. The summed E-state index contributed by atoms with van der Waals surface area (Å²) < 4.78 is 0. The quantitative estimate of drug-likeness (QED) is 0.485. The van der Waals surface area contributed by atoms with Gasteiger partial charge in [0.05, 0.1) is 0 Å². The van der Waals surface area contributed by atoms with Crippen molar-refractivity contribution < 1.29 is 0 Å². The first-order valence-electron chi connectivity index (χ1n) is 2.75. The van der Waals surface area contributed by atoms with E-state index in [4.69, 9.17) is 0 Å². The minimum absolute atomic E-state index is 0.832. The monoisotopic (exact) mass is 195 g/mol. The molecular weight excluding hydrogens is 190 g/mol. The summed E-state index contributed by atoms with van der Waals surface area (Å²) in [6.45, 7) is 2.80. The van der Waals surface area contributed by atoms with Crippen LogP contribution >= 0.6 is 15.9 Å². The molecule has 0 saturated carbocycles. The zero-order valence-electron chi connectivity index (χ0n) is 5.59. The molecule has 0 aliphatic heterocycles. The molecule has 0 bridgehead atoms. The third-order valence-electron chi connectivity index (χ3n) is 0.562. The summed E-state index contributed by atoms with van der Waals surface area (Å²) in [4.78, 5) is 2.46.